The standard InChI is InChI=1S/C17H20ClN3S/c1-14-6-7-16(22-14)12-19-21-10-8-20(9-11-21)13-15-4-2-3-5-17(15)18/h2-7,12H,8-11,13H2,1H3/p+1. The number of piperazine rings is 1. The summed E-state index contributed by atoms with van der Waals surface area (Å²) in [5, 5.41) is 7.66. The van der Waals surface area contributed by atoms with Gasteiger partial charge in [-0.3, -0.25) is 5.01 Å². The normalized spacial score (nSPS) is 16.5. The second-order valence-electron chi connectivity index (χ2n) is 5.66. The molecule has 1 aliphatic rings. The molecule has 22 heavy (non-hydrogen) atoms. The van der Waals surface area contributed by atoms with Crippen molar-refractivity contribution in [1.82, 2.24) is 5.01 Å². The van der Waals surface area contributed by atoms with Crippen LogP contribution in [0.3, 0.4) is 0 Å². The number of nitrogens with one attached hydrogen (secondary N) is 1. The van der Waals surface area contributed by atoms with Crippen molar-refractivity contribution >= 4 is 29.2 Å². The van der Waals surface area contributed by atoms with Crippen LogP contribution in [0.5, 0.6) is 0 Å². The van der Waals surface area contributed by atoms with Crippen LogP contribution in [0.15, 0.2) is 41.5 Å². The van der Waals surface area contributed by atoms with Crippen LogP contribution in [0.2, 0.25) is 5.02 Å². The second kappa shape index (κ2) is 7.27. The monoisotopic (exact) mass is 334 g/mol. The number of nitrogens with zero attached hydrogens (tertiary/aromatic N) is 2. The van der Waals surface area contributed by atoms with Crippen molar-refractivity contribution in [1.29, 1.82) is 0 Å². The van der Waals surface area contributed by atoms with Crippen LogP contribution in [0.25, 0.3) is 0 Å². The molecule has 2 aromatic rings. The third-order valence-corrected chi connectivity index (χ3v) is 5.26. The SMILES string of the molecule is Cc1ccc(C=NN2CC[NH+](Cc3ccccc3Cl)CC2)s1. The number of rotatable bonds is 4. The number of hydrazone groups is 1. The Balaban J connectivity index is 1.50. The van der Waals surface area contributed by atoms with Gasteiger partial charge in [0.1, 0.15) is 6.54 Å². The Morgan fingerprint density at radius 2 is 2.00 bits per heavy atom. The van der Waals surface area contributed by atoms with Gasteiger partial charge in [0.05, 0.1) is 32.4 Å². The highest BCUT2D eigenvalue weighted by Gasteiger charge is 2.19. The Morgan fingerprint density at radius 3 is 2.68 bits per heavy atom. The van der Waals surface area contributed by atoms with Gasteiger partial charge in [-0.2, -0.15) is 5.10 Å². The number of hydrogen-bond donors (Lipinski definition) is 1. The van der Waals surface area contributed by atoms with Gasteiger partial charge in [0, 0.05) is 20.3 Å². The zero-order chi connectivity index (χ0) is 15.4. The minimum Gasteiger partial charge on any atom is -0.328 e. The largest absolute Gasteiger partial charge is 0.328 e. The van der Waals surface area contributed by atoms with Gasteiger partial charge in [-0.25, -0.2) is 0 Å². The summed E-state index contributed by atoms with van der Waals surface area (Å²) in [6.07, 6.45) is 1.98. The molecule has 5 heteroatoms. The van der Waals surface area contributed by atoms with Gasteiger partial charge in [-0.05, 0) is 25.1 Å². The minimum atomic E-state index is 0.878. The van der Waals surface area contributed by atoms with E-state index in [1.54, 1.807) is 16.2 Å². The highest BCUT2D eigenvalue weighted by molar-refractivity contribution is 7.13. The van der Waals surface area contributed by atoms with Crippen molar-refractivity contribution in [2.75, 3.05) is 26.2 Å². The third-order valence-electron chi connectivity index (χ3n) is 3.95. The number of halogens is 1. The van der Waals surface area contributed by atoms with Crippen molar-refractivity contribution in [2.45, 2.75) is 13.5 Å². The van der Waals surface area contributed by atoms with Gasteiger partial charge in [0.25, 0.3) is 0 Å². The molecule has 0 radical (unpaired) electrons. The predicted octanol–water partition coefficient (Wildman–Crippen LogP) is 2.44. The van der Waals surface area contributed by atoms with E-state index in [0.717, 1.165) is 37.7 Å². The van der Waals surface area contributed by atoms with E-state index in [-0.39, 0.29) is 0 Å². The number of thiophene rings is 1. The molecule has 1 N–H and O–H groups in total. The average Bonchev–Trinajstić information content (AvgIpc) is 2.94. The fourth-order valence-corrected chi connectivity index (χ4v) is 3.62. The zero-order valence-electron chi connectivity index (χ0n) is 12.8. The number of aryl methyl sites for hydroxylation is 1. The second-order valence-corrected chi connectivity index (χ2v) is 7.39. The van der Waals surface area contributed by atoms with E-state index in [4.69, 9.17) is 11.6 Å². The van der Waals surface area contributed by atoms with Gasteiger partial charge in [-0.15, -0.1) is 11.3 Å². The fraction of sp³-hybridized carbons (Fsp3) is 0.353. The van der Waals surface area contributed by atoms with Crippen molar-refractivity contribution in [3.63, 3.8) is 0 Å². The maximum absolute atomic E-state index is 6.25. The molecule has 2 heterocycles. The molecule has 1 aromatic carbocycles. The van der Waals surface area contributed by atoms with Crippen molar-refractivity contribution < 1.29 is 4.90 Å². The van der Waals surface area contributed by atoms with Gasteiger partial charge >= 0.3 is 0 Å². The number of quaternary nitrogens is 1. The van der Waals surface area contributed by atoms with Crippen LogP contribution in [0, 0.1) is 6.92 Å². The molecule has 116 valence electrons. The minimum absolute atomic E-state index is 0.878. The molecule has 1 saturated heterocycles. The Labute approximate surface area is 140 Å². The van der Waals surface area contributed by atoms with Gasteiger partial charge in [0.15, 0.2) is 0 Å². The van der Waals surface area contributed by atoms with Crippen molar-refractivity contribution in [2.24, 2.45) is 5.10 Å². The maximum atomic E-state index is 6.25. The van der Waals surface area contributed by atoms with E-state index in [1.165, 1.54) is 15.3 Å². The molecule has 0 saturated carbocycles. The smallest absolute Gasteiger partial charge is 0.104 e. The molecule has 0 amide bonds. The molecule has 1 fully saturated rings. The summed E-state index contributed by atoms with van der Waals surface area (Å²) in [6, 6.07) is 12.4. The molecule has 0 unspecified atom stereocenters. The van der Waals surface area contributed by atoms with Gasteiger partial charge < -0.3 is 4.90 Å². The van der Waals surface area contributed by atoms with Crippen LogP contribution in [0.4, 0.5) is 0 Å². The Hall–Kier alpha value is -1.36. The first kappa shape index (κ1) is 15.5. The zero-order valence-corrected chi connectivity index (χ0v) is 14.3. The molecule has 0 bridgehead atoms. The summed E-state index contributed by atoms with van der Waals surface area (Å²) in [5.41, 5.74) is 1.24. The first-order valence-corrected chi connectivity index (χ1v) is 8.82. The first-order chi connectivity index (χ1) is 10.7. The Kier molecular flexibility index (Phi) is 5.13. The van der Waals surface area contributed by atoms with Gasteiger partial charge in [-0.1, -0.05) is 29.8 Å². The van der Waals surface area contributed by atoms with Gasteiger partial charge in [0.2, 0.25) is 0 Å². The highest BCUT2D eigenvalue weighted by Crippen LogP contribution is 2.14. The lowest BCUT2D eigenvalue weighted by molar-refractivity contribution is -0.918. The molecule has 1 aromatic heterocycles. The summed E-state index contributed by atoms with van der Waals surface area (Å²) in [5.74, 6) is 0. The number of hydrogen-bond acceptors (Lipinski definition) is 3. The summed E-state index contributed by atoms with van der Waals surface area (Å²) < 4.78 is 0. The lowest BCUT2D eigenvalue weighted by atomic mass is 10.2. The summed E-state index contributed by atoms with van der Waals surface area (Å²) in [7, 11) is 0. The molecule has 3 nitrogen and oxygen atoms in total. The predicted molar refractivity (Wildman–Crippen MR) is 94.1 cm³/mol. The average molecular weight is 335 g/mol. The molecule has 1 aliphatic heterocycles. The topological polar surface area (TPSA) is 20.0 Å². The third kappa shape index (κ3) is 4.09. The van der Waals surface area contributed by atoms with E-state index in [9.17, 15) is 0 Å². The van der Waals surface area contributed by atoms with Crippen molar-refractivity contribution in [3.05, 3.63) is 56.7 Å². The lowest BCUT2D eigenvalue weighted by Crippen LogP contribution is -3.13. The van der Waals surface area contributed by atoms with Crippen molar-refractivity contribution in [3.8, 4) is 0 Å². The van der Waals surface area contributed by atoms with E-state index < -0.39 is 0 Å². The summed E-state index contributed by atoms with van der Waals surface area (Å²) in [4.78, 5) is 4.13. The molecule has 0 spiro atoms. The highest BCUT2D eigenvalue weighted by atomic mass is 35.5. The first-order valence-electron chi connectivity index (χ1n) is 7.63. The molecule has 0 atom stereocenters. The van der Waals surface area contributed by atoms with Crippen LogP contribution in [-0.2, 0) is 6.54 Å². The van der Waals surface area contributed by atoms with Crippen LogP contribution in [-0.4, -0.2) is 37.4 Å². The molecule has 0 aliphatic carbocycles. The van der Waals surface area contributed by atoms with E-state index in [2.05, 4.69) is 41.3 Å². The number of benzene rings is 1. The quantitative estimate of drug-likeness (QED) is 0.851. The molecular weight excluding hydrogens is 314 g/mol. The van der Waals surface area contributed by atoms with Crippen LogP contribution in [0.1, 0.15) is 15.3 Å². The van der Waals surface area contributed by atoms with Crippen LogP contribution < -0.4 is 4.90 Å². The Morgan fingerprint density at radius 1 is 1.23 bits per heavy atom. The van der Waals surface area contributed by atoms with Crippen LogP contribution >= 0.6 is 22.9 Å². The maximum Gasteiger partial charge on any atom is 0.104 e. The molecule has 3 rings (SSSR count). The van der Waals surface area contributed by atoms with E-state index in [0.29, 0.717) is 0 Å². The van der Waals surface area contributed by atoms with E-state index in [1.807, 2.05) is 18.3 Å². The molecular formula is C17H21ClN3S+. The summed E-state index contributed by atoms with van der Waals surface area (Å²) >= 11 is 8.03. The lowest BCUT2D eigenvalue weighted by Gasteiger charge is -2.30. The van der Waals surface area contributed by atoms with E-state index >= 15 is 0 Å². The fourth-order valence-electron chi connectivity index (χ4n) is 2.68. The summed E-state index contributed by atoms with van der Waals surface area (Å²) in [6.45, 7) is 7.33. The Bertz CT molecular complexity index is 645.